The van der Waals surface area contributed by atoms with E-state index in [1.165, 1.54) is 11.4 Å². The van der Waals surface area contributed by atoms with Crippen LogP contribution < -0.4 is 0 Å². The standard InChI is InChI=1S/C15H22N2O5S.Na.H/c1-17(20)9-7-16(8-10-17)23(21,22)12-14(15(18)19)11-13-5-3-2-4-6-13;;/h2-6,14H,7-12H2,1H3,(H,18,19);;/t14-;;/m1../s1. The van der Waals surface area contributed by atoms with Crippen molar-refractivity contribution in [2.45, 2.75) is 6.42 Å². The second kappa shape index (κ2) is 8.75. The molecule has 0 aromatic heterocycles. The molecule has 1 aromatic carbocycles. The first-order chi connectivity index (χ1) is 10.7. The number of nitrogens with zero attached hydrogens (tertiary/aromatic N) is 2. The first-order valence-corrected chi connectivity index (χ1v) is 9.11. The van der Waals surface area contributed by atoms with Crippen molar-refractivity contribution >= 4 is 45.5 Å². The average molecular weight is 366 g/mol. The van der Waals surface area contributed by atoms with Crippen molar-refractivity contribution in [1.29, 1.82) is 0 Å². The van der Waals surface area contributed by atoms with Gasteiger partial charge in [0.25, 0.3) is 0 Å². The Morgan fingerprint density at radius 2 is 1.83 bits per heavy atom. The minimum absolute atomic E-state index is 0. The fourth-order valence-electron chi connectivity index (χ4n) is 2.62. The molecule has 0 amide bonds. The van der Waals surface area contributed by atoms with Crippen LogP contribution >= 0.6 is 0 Å². The van der Waals surface area contributed by atoms with E-state index in [9.17, 15) is 23.5 Å². The van der Waals surface area contributed by atoms with Gasteiger partial charge in [-0.25, -0.2) is 8.42 Å². The Bertz CT molecular complexity index is 641. The van der Waals surface area contributed by atoms with Crippen LogP contribution in [0.5, 0.6) is 0 Å². The number of sulfonamides is 1. The number of aliphatic carboxylic acids is 1. The van der Waals surface area contributed by atoms with Crippen LogP contribution in [0.1, 0.15) is 5.56 Å². The molecule has 130 valence electrons. The van der Waals surface area contributed by atoms with Crippen LogP contribution in [0.2, 0.25) is 0 Å². The number of piperazine rings is 1. The average Bonchev–Trinajstić information content (AvgIpc) is 2.47. The molecule has 0 saturated carbocycles. The summed E-state index contributed by atoms with van der Waals surface area (Å²) >= 11 is 0. The Kier molecular flexibility index (Phi) is 7.86. The molecule has 0 radical (unpaired) electrons. The van der Waals surface area contributed by atoms with Gasteiger partial charge in [-0.2, -0.15) is 4.31 Å². The summed E-state index contributed by atoms with van der Waals surface area (Å²) in [5.41, 5.74) is 0.789. The third kappa shape index (κ3) is 6.11. The molecule has 1 heterocycles. The predicted molar refractivity (Wildman–Crippen MR) is 93.1 cm³/mol. The van der Waals surface area contributed by atoms with Crippen LogP contribution in [0.4, 0.5) is 0 Å². The van der Waals surface area contributed by atoms with Crippen LogP contribution in [-0.4, -0.2) is 97.0 Å². The van der Waals surface area contributed by atoms with E-state index in [-0.39, 0.29) is 62.2 Å². The van der Waals surface area contributed by atoms with Gasteiger partial charge in [-0.1, -0.05) is 30.3 Å². The molecule has 1 aliphatic rings. The molecule has 1 atom stereocenters. The van der Waals surface area contributed by atoms with E-state index in [1.807, 2.05) is 6.07 Å². The van der Waals surface area contributed by atoms with E-state index >= 15 is 0 Å². The monoisotopic (exact) mass is 366 g/mol. The van der Waals surface area contributed by atoms with Crippen molar-refractivity contribution < 1.29 is 23.0 Å². The van der Waals surface area contributed by atoms with Crippen molar-refractivity contribution in [3.05, 3.63) is 41.1 Å². The van der Waals surface area contributed by atoms with Crippen LogP contribution in [0.15, 0.2) is 30.3 Å². The Morgan fingerprint density at radius 3 is 2.33 bits per heavy atom. The first-order valence-electron chi connectivity index (χ1n) is 7.50. The number of carbonyl (C=O) groups is 1. The van der Waals surface area contributed by atoms with Crippen molar-refractivity contribution in [2.75, 3.05) is 39.0 Å². The zero-order chi connectivity index (χ0) is 17.1. The number of carboxylic acids is 1. The molecule has 0 spiro atoms. The second-order valence-corrected chi connectivity index (χ2v) is 8.16. The Morgan fingerprint density at radius 1 is 1.29 bits per heavy atom. The number of carboxylic acid groups (broad SMARTS) is 1. The van der Waals surface area contributed by atoms with E-state index in [4.69, 9.17) is 0 Å². The van der Waals surface area contributed by atoms with Crippen molar-refractivity contribution in [3.8, 4) is 0 Å². The molecule has 24 heavy (non-hydrogen) atoms. The summed E-state index contributed by atoms with van der Waals surface area (Å²) < 4.78 is 25.7. The van der Waals surface area contributed by atoms with Crippen LogP contribution in [-0.2, 0) is 21.2 Å². The normalized spacial score (nSPS) is 19.2. The molecule has 2 rings (SSSR count). The van der Waals surface area contributed by atoms with Gasteiger partial charge < -0.3 is 15.0 Å². The van der Waals surface area contributed by atoms with E-state index in [1.54, 1.807) is 24.3 Å². The number of hydrogen-bond acceptors (Lipinski definition) is 4. The van der Waals surface area contributed by atoms with Gasteiger partial charge in [-0.3, -0.25) is 4.79 Å². The van der Waals surface area contributed by atoms with Crippen LogP contribution in [0, 0.1) is 11.1 Å². The van der Waals surface area contributed by atoms with Crippen molar-refractivity contribution in [3.63, 3.8) is 0 Å². The number of benzene rings is 1. The predicted octanol–water partition coefficient (Wildman–Crippen LogP) is -0.129. The molecule has 1 aliphatic heterocycles. The Labute approximate surface area is 164 Å². The summed E-state index contributed by atoms with van der Waals surface area (Å²) in [4.78, 5) is 11.4. The maximum absolute atomic E-state index is 12.5. The van der Waals surface area contributed by atoms with Crippen molar-refractivity contribution in [1.82, 2.24) is 4.31 Å². The quantitative estimate of drug-likeness (QED) is 0.430. The third-order valence-corrected chi connectivity index (χ3v) is 6.10. The van der Waals surface area contributed by atoms with Crippen LogP contribution in [0.3, 0.4) is 0 Å². The van der Waals surface area contributed by atoms with Gasteiger partial charge in [0.05, 0.1) is 44.9 Å². The molecule has 1 saturated heterocycles. The Balaban J connectivity index is 0.00000288. The Hall–Kier alpha value is -0.480. The van der Waals surface area contributed by atoms with Crippen molar-refractivity contribution in [2.24, 2.45) is 5.92 Å². The zero-order valence-electron chi connectivity index (χ0n) is 13.1. The van der Waals surface area contributed by atoms with Gasteiger partial charge in [0.2, 0.25) is 10.0 Å². The number of likely N-dealkylation sites (N-methyl/N-ethyl adjacent to an activating group) is 1. The van der Waals surface area contributed by atoms with Gasteiger partial charge in [-0.05, 0) is 12.0 Å². The first kappa shape index (κ1) is 21.6. The maximum atomic E-state index is 12.5. The van der Waals surface area contributed by atoms with Gasteiger partial charge >= 0.3 is 35.5 Å². The molecule has 1 N–H and O–H groups in total. The summed E-state index contributed by atoms with van der Waals surface area (Å²) in [6.45, 7) is 0.658. The second-order valence-electron chi connectivity index (χ2n) is 6.15. The minimum atomic E-state index is -3.69. The molecule has 1 fully saturated rings. The number of rotatable bonds is 6. The van der Waals surface area contributed by atoms with Gasteiger partial charge in [-0.15, -0.1) is 0 Å². The van der Waals surface area contributed by atoms with Crippen LogP contribution in [0.25, 0.3) is 0 Å². The van der Waals surface area contributed by atoms with E-state index in [2.05, 4.69) is 0 Å². The van der Waals surface area contributed by atoms with E-state index < -0.39 is 32.3 Å². The van der Waals surface area contributed by atoms with Gasteiger partial charge in [0.1, 0.15) is 0 Å². The molecular formula is C15H23N2NaO5S. The molecule has 9 heteroatoms. The molecule has 1 aromatic rings. The summed E-state index contributed by atoms with van der Waals surface area (Å²) in [7, 11) is -2.18. The summed E-state index contributed by atoms with van der Waals surface area (Å²) in [6, 6.07) is 8.97. The number of hydroxylamine groups is 3. The summed E-state index contributed by atoms with van der Waals surface area (Å²) in [5.74, 6) is -2.57. The molecule has 7 nitrogen and oxygen atoms in total. The number of quaternary nitrogens is 1. The molecular weight excluding hydrogens is 343 g/mol. The topological polar surface area (TPSA) is 97.7 Å². The number of hydrogen-bond donors (Lipinski definition) is 1. The fourth-order valence-corrected chi connectivity index (χ4v) is 4.32. The van der Waals surface area contributed by atoms with Gasteiger partial charge in [0.15, 0.2) is 0 Å². The van der Waals surface area contributed by atoms with E-state index in [0.29, 0.717) is 0 Å². The fraction of sp³-hybridized carbons (Fsp3) is 0.533. The summed E-state index contributed by atoms with van der Waals surface area (Å²) in [6.07, 6.45) is 0.165. The third-order valence-electron chi connectivity index (χ3n) is 4.12. The SMILES string of the molecule is C[N+]1([O-])CCN(S(=O)(=O)C[C@@H](Cc2ccccc2)C(=O)O)CC1.[NaH]. The van der Waals surface area contributed by atoms with E-state index in [0.717, 1.165) is 5.56 Å². The molecule has 0 unspecified atom stereocenters. The van der Waals surface area contributed by atoms with Gasteiger partial charge in [0, 0.05) is 0 Å². The summed E-state index contributed by atoms with van der Waals surface area (Å²) in [5, 5.41) is 21.1. The molecule has 0 bridgehead atoms. The molecule has 0 aliphatic carbocycles. The zero-order valence-corrected chi connectivity index (χ0v) is 13.9.